The summed E-state index contributed by atoms with van der Waals surface area (Å²) in [5.74, 6) is 0.936. The summed E-state index contributed by atoms with van der Waals surface area (Å²) in [6.45, 7) is 1.06. The third-order valence-electron chi connectivity index (χ3n) is 4.50. The second-order valence-electron chi connectivity index (χ2n) is 5.88. The average Bonchev–Trinajstić information content (AvgIpc) is 3.05. The van der Waals surface area contributed by atoms with Gasteiger partial charge in [0, 0.05) is 25.1 Å². The van der Waals surface area contributed by atoms with E-state index in [4.69, 9.17) is 4.74 Å². The van der Waals surface area contributed by atoms with Crippen LogP contribution >= 0.6 is 0 Å². The molecule has 1 aromatic carbocycles. The molecule has 1 fully saturated rings. The number of amides is 1. The molecule has 0 spiro atoms. The molecule has 0 aromatic heterocycles. The lowest BCUT2D eigenvalue weighted by atomic mass is 9.99. The van der Waals surface area contributed by atoms with E-state index in [-0.39, 0.29) is 23.8 Å². The number of hydrogen-bond acceptors (Lipinski definition) is 3. The molecule has 0 saturated heterocycles. The molecule has 0 bridgehead atoms. The maximum Gasteiger partial charge on any atom is 0.233 e. The number of ether oxygens (including phenoxy) is 1. The van der Waals surface area contributed by atoms with Crippen LogP contribution in [0.5, 0.6) is 5.75 Å². The number of benzene rings is 1. The van der Waals surface area contributed by atoms with Gasteiger partial charge >= 0.3 is 0 Å². The van der Waals surface area contributed by atoms with E-state index in [1.54, 1.807) is 4.90 Å². The Hall–Kier alpha value is -1.55. The van der Waals surface area contributed by atoms with Crippen LogP contribution in [0.15, 0.2) is 24.3 Å². The Bertz CT molecular complexity index is 502. The second-order valence-corrected chi connectivity index (χ2v) is 5.88. The number of nitrogens with zero attached hydrogens (tertiary/aromatic N) is 1. The van der Waals surface area contributed by atoms with Crippen molar-refractivity contribution in [2.45, 2.75) is 31.3 Å². The van der Waals surface area contributed by atoms with Crippen LogP contribution in [0.1, 0.15) is 30.7 Å². The molecule has 2 aliphatic rings. The number of likely N-dealkylation sites (N-methyl/N-ethyl adjacent to an activating group) is 1. The molecule has 3 unspecified atom stereocenters. The third-order valence-corrected chi connectivity index (χ3v) is 4.50. The van der Waals surface area contributed by atoms with Crippen LogP contribution in [0.2, 0.25) is 0 Å². The van der Waals surface area contributed by atoms with Crippen molar-refractivity contribution in [1.29, 1.82) is 0 Å². The molecule has 108 valence electrons. The number of fused-ring (bicyclic) bond motifs is 1. The lowest BCUT2D eigenvalue weighted by molar-refractivity contribution is -0.132. The molecule has 1 amide bonds. The summed E-state index contributed by atoms with van der Waals surface area (Å²) in [7, 11) is 1.83. The first-order valence-corrected chi connectivity index (χ1v) is 7.31. The van der Waals surface area contributed by atoms with E-state index in [0.29, 0.717) is 13.2 Å². The molecule has 1 aliphatic carbocycles. The average molecular weight is 275 g/mol. The van der Waals surface area contributed by atoms with Gasteiger partial charge in [0.15, 0.2) is 0 Å². The Morgan fingerprint density at radius 2 is 2.20 bits per heavy atom. The standard InChI is InChI=1S/C16H21NO3/c1-17(9-11-5-4-7-14(11)18)16(19)13-10-20-15-8-3-2-6-12(13)15/h2-3,6,8,11,13-14,18H,4-5,7,9-10H2,1H3. The fraction of sp³-hybridized carbons (Fsp3) is 0.562. The third kappa shape index (κ3) is 2.40. The smallest absolute Gasteiger partial charge is 0.233 e. The van der Waals surface area contributed by atoms with Gasteiger partial charge in [-0.2, -0.15) is 0 Å². The highest BCUT2D eigenvalue weighted by Gasteiger charge is 2.34. The van der Waals surface area contributed by atoms with Gasteiger partial charge in [0.05, 0.1) is 6.10 Å². The minimum Gasteiger partial charge on any atom is -0.492 e. The zero-order valence-corrected chi connectivity index (χ0v) is 11.8. The van der Waals surface area contributed by atoms with Crippen LogP contribution in [0.3, 0.4) is 0 Å². The van der Waals surface area contributed by atoms with Gasteiger partial charge in [0.1, 0.15) is 18.3 Å². The summed E-state index contributed by atoms with van der Waals surface area (Å²) in [4.78, 5) is 14.3. The molecule has 3 atom stereocenters. The predicted octanol–water partition coefficient (Wildman–Crippen LogP) is 1.78. The van der Waals surface area contributed by atoms with Crippen molar-refractivity contribution < 1.29 is 14.6 Å². The van der Waals surface area contributed by atoms with E-state index < -0.39 is 0 Å². The molecular weight excluding hydrogens is 254 g/mol. The van der Waals surface area contributed by atoms with Gasteiger partial charge in [-0.1, -0.05) is 24.6 Å². The molecule has 20 heavy (non-hydrogen) atoms. The van der Waals surface area contributed by atoms with Gasteiger partial charge in [0.25, 0.3) is 0 Å². The largest absolute Gasteiger partial charge is 0.492 e. The molecule has 1 heterocycles. The van der Waals surface area contributed by atoms with Crippen LogP contribution in [0, 0.1) is 5.92 Å². The first-order chi connectivity index (χ1) is 9.66. The minimum atomic E-state index is -0.252. The van der Waals surface area contributed by atoms with Crippen LogP contribution < -0.4 is 4.74 Å². The molecule has 0 radical (unpaired) electrons. The quantitative estimate of drug-likeness (QED) is 0.915. The maximum absolute atomic E-state index is 12.6. The van der Waals surface area contributed by atoms with E-state index in [0.717, 1.165) is 30.6 Å². The van der Waals surface area contributed by atoms with Crippen molar-refractivity contribution in [1.82, 2.24) is 4.90 Å². The van der Waals surface area contributed by atoms with Gasteiger partial charge in [0.2, 0.25) is 5.91 Å². The zero-order chi connectivity index (χ0) is 14.1. The minimum absolute atomic E-state index is 0.0917. The Morgan fingerprint density at radius 1 is 1.40 bits per heavy atom. The van der Waals surface area contributed by atoms with E-state index in [9.17, 15) is 9.90 Å². The van der Waals surface area contributed by atoms with Gasteiger partial charge in [-0.05, 0) is 18.9 Å². The molecule has 1 N–H and O–H groups in total. The zero-order valence-electron chi connectivity index (χ0n) is 11.8. The van der Waals surface area contributed by atoms with Crippen molar-refractivity contribution in [2.75, 3.05) is 20.2 Å². The SMILES string of the molecule is CN(CC1CCCC1O)C(=O)C1COc2ccccc21. The number of hydrogen-bond donors (Lipinski definition) is 1. The fourth-order valence-electron chi connectivity index (χ4n) is 3.31. The Morgan fingerprint density at radius 3 is 2.95 bits per heavy atom. The Balaban J connectivity index is 1.67. The highest BCUT2D eigenvalue weighted by atomic mass is 16.5. The molecule has 3 rings (SSSR count). The van der Waals surface area contributed by atoms with Crippen LogP contribution in [-0.4, -0.2) is 42.2 Å². The molecule has 4 nitrogen and oxygen atoms in total. The first-order valence-electron chi connectivity index (χ1n) is 7.31. The number of carbonyl (C=O) groups excluding carboxylic acids is 1. The Kier molecular flexibility index (Phi) is 3.66. The second kappa shape index (κ2) is 5.44. The van der Waals surface area contributed by atoms with E-state index >= 15 is 0 Å². The summed E-state index contributed by atoms with van der Waals surface area (Å²) in [5, 5.41) is 9.88. The number of aliphatic hydroxyl groups excluding tert-OH is 1. The van der Waals surface area contributed by atoms with Crippen molar-refractivity contribution >= 4 is 5.91 Å². The van der Waals surface area contributed by atoms with Crippen molar-refractivity contribution in [2.24, 2.45) is 5.92 Å². The molecule has 4 heteroatoms. The van der Waals surface area contributed by atoms with Gasteiger partial charge in [-0.3, -0.25) is 4.79 Å². The summed E-state index contributed by atoms with van der Waals surface area (Å²) in [6.07, 6.45) is 2.68. The monoisotopic (exact) mass is 275 g/mol. The predicted molar refractivity (Wildman–Crippen MR) is 75.7 cm³/mol. The summed E-state index contributed by atoms with van der Waals surface area (Å²) < 4.78 is 5.58. The molecule has 1 aromatic rings. The Labute approximate surface area is 119 Å². The lowest BCUT2D eigenvalue weighted by Crippen LogP contribution is -2.37. The van der Waals surface area contributed by atoms with Gasteiger partial charge in [-0.25, -0.2) is 0 Å². The van der Waals surface area contributed by atoms with E-state index in [1.165, 1.54) is 0 Å². The molecule has 1 aliphatic heterocycles. The van der Waals surface area contributed by atoms with Crippen molar-refractivity contribution in [3.63, 3.8) is 0 Å². The number of para-hydroxylation sites is 1. The molecular formula is C16H21NO3. The molecule has 1 saturated carbocycles. The fourth-order valence-corrected chi connectivity index (χ4v) is 3.31. The highest BCUT2D eigenvalue weighted by molar-refractivity contribution is 5.85. The summed E-state index contributed by atoms with van der Waals surface area (Å²) >= 11 is 0. The number of aliphatic hydroxyl groups is 1. The van der Waals surface area contributed by atoms with Crippen LogP contribution in [-0.2, 0) is 4.79 Å². The topological polar surface area (TPSA) is 49.8 Å². The maximum atomic E-state index is 12.6. The van der Waals surface area contributed by atoms with Gasteiger partial charge in [-0.15, -0.1) is 0 Å². The van der Waals surface area contributed by atoms with Crippen LogP contribution in [0.4, 0.5) is 0 Å². The van der Waals surface area contributed by atoms with Gasteiger partial charge < -0.3 is 14.7 Å². The first kappa shape index (κ1) is 13.4. The van der Waals surface area contributed by atoms with Crippen molar-refractivity contribution in [3.05, 3.63) is 29.8 Å². The van der Waals surface area contributed by atoms with Crippen LogP contribution in [0.25, 0.3) is 0 Å². The highest BCUT2D eigenvalue weighted by Crippen LogP contribution is 2.35. The van der Waals surface area contributed by atoms with E-state index in [2.05, 4.69) is 0 Å². The normalized spacial score (nSPS) is 28.0. The number of rotatable bonds is 3. The summed E-state index contributed by atoms with van der Waals surface area (Å²) in [5.41, 5.74) is 0.983. The lowest BCUT2D eigenvalue weighted by Gasteiger charge is -2.25. The van der Waals surface area contributed by atoms with Crippen molar-refractivity contribution in [3.8, 4) is 5.75 Å². The van der Waals surface area contributed by atoms with E-state index in [1.807, 2.05) is 31.3 Å². The summed E-state index contributed by atoms with van der Waals surface area (Å²) in [6, 6.07) is 7.73. The number of carbonyl (C=O) groups is 1.